The van der Waals surface area contributed by atoms with Crippen molar-refractivity contribution in [1.29, 1.82) is 0 Å². The van der Waals surface area contributed by atoms with Crippen LogP contribution in [-0.4, -0.2) is 62.9 Å². The van der Waals surface area contributed by atoms with E-state index in [1.165, 1.54) is 0 Å². The van der Waals surface area contributed by atoms with Gasteiger partial charge in [0.25, 0.3) is 0 Å². The van der Waals surface area contributed by atoms with Crippen molar-refractivity contribution in [3.63, 3.8) is 0 Å². The third-order valence-electron chi connectivity index (χ3n) is 5.79. The Balaban J connectivity index is 1.50. The fourth-order valence-corrected chi connectivity index (χ4v) is 4.57. The van der Waals surface area contributed by atoms with Crippen molar-refractivity contribution >= 4 is 28.5 Å². The molecule has 2 atom stereocenters. The average molecular weight is 384 g/mol. The Morgan fingerprint density at radius 3 is 2.89 bits per heavy atom. The second-order valence-corrected chi connectivity index (χ2v) is 7.90. The molecule has 27 heavy (non-hydrogen) atoms. The fraction of sp³-hybridized carbons (Fsp3) is 0.400. The number of aliphatic hydroxyl groups excluding tert-OH is 1. The largest absolute Gasteiger partial charge is 0.392 e. The van der Waals surface area contributed by atoms with Gasteiger partial charge in [-0.05, 0) is 24.6 Å². The number of hydrogen-bond acceptors (Lipinski definition) is 5. The van der Waals surface area contributed by atoms with Gasteiger partial charge < -0.3 is 14.6 Å². The molecule has 0 bridgehead atoms. The highest BCUT2D eigenvalue weighted by Gasteiger charge is 2.35. The van der Waals surface area contributed by atoms with Gasteiger partial charge in [-0.25, -0.2) is 9.97 Å². The lowest BCUT2D eigenvalue weighted by atomic mass is 10.1. The number of aromatic nitrogens is 3. The number of aliphatic hydroxyl groups is 1. The minimum atomic E-state index is -0.205. The molecule has 2 aliphatic rings. The summed E-state index contributed by atoms with van der Waals surface area (Å²) >= 11 is 6.50. The van der Waals surface area contributed by atoms with E-state index in [0.29, 0.717) is 11.1 Å². The van der Waals surface area contributed by atoms with E-state index in [2.05, 4.69) is 25.4 Å². The number of hydrogen-bond donors (Lipinski definition) is 1. The molecule has 7 heteroatoms. The van der Waals surface area contributed by atoms with Crippen molar-refractivity contribution in [3.05, 3.63) is 41.6 Å². The molecule has 0 saturated carbocycles. The number of para-hydroxylation sites is 2. The van der Waals surface area contributed by atoms with Crippen molar-refractivity contribution in [1.82, 2.24) is 19.4 Å². The summed E-state index contributed by atoms with van der Waals surface area (Å²) in [5.74, 6) is 1.77. The third-order valence-corrected chi connectivity index (χ3v) is 6.09. The maximum Gasteiger partial charge on any atom is 0.142 e. The van der Waals surface area contributed by atoms with Crippen LogP contribution in [0.5, 0.6) is 0 Å². The van der Waals surface area contributed by atoms with Crippen LogP contribution in [0.4, 0.5) is 5.82 Å². The topological polar surface area (TPSA) is 57.4 Å². The molecule has 0 spiro atoms. The zero-order valence-electron chi connectivity index (χ0n) is 15.2. The van der Waals surface area contributed by atoms with E-state index in [9.17, 15) is 5.11 Å². The van der Waals surface area contributed by atoms with Crippen LogP contribution in [0.2, 0.25) is 5.02 Å². The second-order valence-electron chi connectivity index (χ2n) is 7.49. The SMILES string of the molecule is Cn1c(-c2cc(N3CCN4C[C@H](O)C[C@H]4C3)ncc2Cl)nc2ccccc21. The summed E-state index contributed by atoms with van der Waals surface area (Å²) in [5.41, 5.74) is 2.93. The number of rotatable bonds is 2. The Labute approximate surface area is 163 Å². The maximum atomic E-state index is 9.94. The van der Waals surface area contributed by atoms with Crippen LogP contribution >= 0.6 is 11.6 Å². The van der Waals surface area contributed by atoms with Gasteiger partial charge >= 0.3 is 0 Å². The van der Waals surface area contributed by atoms with Crippen LogP contribution in [0, 0.1) is 0 Å². The average Bonchev–Trinajstić information content (AvgIpc) is 3.21. The van der Waals surface area contributed by atoms with E-state index in [0.717, 1.165) is 60.8 Å². The molecule has 0 radical (unpaired) electrons. The molecule has 3 aromatic rings. The van der Waals surface area contributed by atoms with E-state index in [1.807, 2.05) is 31.3 Å². The van der Waals surface area contributed by atoms with Gasteiger partial charge in [-0.2, -0.15) is 0 Å². The Bertz CT molecular complexity index is 1000. The van der Waals surface area contributed by atoms with Gasteiger partial charge in [-0.1, -0.05) is 23.7 Å². The molecule has 2 saturated heterocycles. The number of piperazine rings is 1. The molecule has 2 aromatic heterocycles. The molecular weight excluding hydrogens is 362 g/mol. The lowest BCUT2D eigenvalue weighted by Crippen LogP contribution is -2.50. The maximum absolute atomic E-state index is 9.94. The summed E-state index contributed by atoms with van der Waals surface area (Å²) in [6, 6.07) is 10.5. The van der Waals surface area contributed by atoms with Crippen LogP contribution in [-0.2, 0) is 7.05 Å². The standard InChI is InChI=1S/C20H22ClN5O/c1-24-18-5-3-2-4-17(18)23-20(24)15-9-19(22-10-16(15)21)26-7-6-25-12-14(27)8-13(25)11-26/h2-5,9-10,13-14,27H,6-8,11-12H2,1H3/t13-,14+/m0/s1. The number of anilines is 1. The van der Waals surface area contributed by atoms with E-state index < -0.39 is 0 Å². The molecule has 140 valence electrons. The summed E-state index contributed by atoms with van der Waals surface area (Å²) < 4.78 is 2.07. The molecule has 1 aromatic carbocycles. The van der Waals surface area contributed by atoms with Crippen LogP contribution in [0.1, 0.15) is 6.42 Å². The molecule has 4 heterocycles. The van der Waals surface area contributed by atoms with Crippen molar-refractivity contribution in [2.24, 2.45) is 7.05 Å². The van der Waals surface area contributed by atoms with Crippen molar-refractivity contribution in [2.75, 3.05) is 31.1 Å². The van der Waals surface area contributed by atoms with Gasteiger partial charge in [0.1, 0.15) is 11.6 Å². The van der Waals surface area contributed by atoms with Gasteiger partial charge in [0, 0.05) is 51.0 Å². The van der Waals surface area contributed by atoms with Gasteiger partial charge in [0.05, 0.1) is 22.2 Å². The minimum Gasteiger partial charge on any atom is -0.392 e. The first-order valence-electron chi connectivity index (χ1n) is 9.34. The van der Waals surface area contributed by atoms with Crippen molar-refractivity contribution in [3.8, 4) is 11.4 Å². The number of nitrogens with zero attached hydrogens (tertiary/aromatic N) is 5. The van der Waals surface area contributed by atoms with Gasteiger partial charge in [0.15, 0.2) is 0 Å². The van der Waals surface area contributed by atoms with E-state index in [1.54, 1.807) is 6.20 Å². The summed E-state index contributed by atoms with van der Waals surface area (Å²) in [6.45, 7) is 3.53. The van der Waals surface area contributed by atoms with E-state index >= 15 is 0 Å². The molecule has 2 fully saturated rings. The number of aryl methyl sites for hydroxylation is 1. The first-order valence-corrected chi connectivity index (χ1v) is 9.72. The quantitative estimate of drug-likeness (QED) is 0.737. The zero-order valence-corrected chi connectivity index (χ0v) is 16.0. The van der Waals surface area contributed by atoms with E-state index in [4.69, 9.17) is 16.6 Å². The third kappa shape index (κ3) is 2.88. The van der Waals surface area contributed by atoms with Crippen molar-refractivity contribution < 1.29 is 5.11 Å². The fourth-order valence-electron chi connectivity index (χ4n) is 4.38. The Kier molecular flexibility index (Phi) is 4.07. The Morgan fingerprint density at radius 2 is 2.04 bits per heavy atom. The number of imidazole rings is 1. The predicted octanol–water partition coefficient (Wildman–Crippen LogP) is 2.54. The summed E-state index contributed by atoms with van der Waals surface area (Å²) in [7, 11) is 2.01. The number of benzene rings is 1. The zero-order chi connectivity index (χ0) is 18.5. The van der Waals surface area contributed by atoms with E-state index in [-0.39, 0.29) is 6.10 Å². The molecule has 0 aliphatic carbocycles. The first kappa shape index (κ1) is 17.0. The predicted molar refractivity (Wildman–Crippen MR) is 107 cm³/mol. The Morgan fingerprint density at radius 1 is 1.19 bits per heavy atom. The van der Waals surface area contributed by atoms with Crippen LogP contribution in [0.15, 0.2) is 36.5 Å². The lowest BCUT2D eigenvalue weighted by molar-refractivity contribution is 0.173. The molecule has 0 amide bonds. The van der Waals surface area contributed by atoms with Crippen LogP contribution in [0.25, 0.3) is 22.4 Å². The highest BCUT2D eigenvalue weighted by atomic mass is 35.5. The number of halogens is 1. The smallest absolute Gasteiger partial charge is 0.142 e. The summed E-state index contributed by atoms with van der Waals surface area (Å²) in [4.78, 5) is 14.0. The van der Waals surface area contributed by atoms with Crippen molar-refractivity contribution in [2.45, 2.75) is 18.6 Å². The summed E-state index contributed by atoms with van der Waals surface area (Å²) in [5, 5.41) is 10.5. The number of fused-ring (bicyclic) bond motifs is 2. The van der Waals surface area contributed by atoms with Gasteiger partial charge in [0.2, 0.25) is 0 Å². The highest BCUT2D eigenvalue weighted by molar-refractivity contribution is 6.33. The molecule has 5 rings (SSSR count). The first-order chi connectivity index (χ1) is 13.1. The second kappa shape index (κ2) is 6.48. The van der Waals surface area contributed by atoms with Gasteiger partial charge in [-0.15, -0.1) is 0 Å². The van der Waals surface area contributed by atoms with Crippen LogP contribution < -0.4 is 4.90 Å². The van der Waals surface area contributed by atoms with Crippen LogP contribution in [0.3, 0.4) is 0 Å². The number of pyridine rings is 1. The molecular formula is C20H22ClN5O. The normalized spacial score (nSPS) is 23.1. The molecule has 0 unspecified atom stereocenters. The molecule has 6 nitrogen and oxygen atoms in total. The van der Waals surface area contributed by atoms with Gasteiger partial charge in [-0.3, -0.25) is 4.90 Å². The molecule has 2 aliphatic heterocycles. The highest BCUT2D eigenvalue weighted by Crippen LogP contribution is 2.33. The monoisotopic (exact) mass is 383 g/mol. The minimum absolute atomic E-state index is 0.205. The molecule has 1 N–H and O–H groups in total. The summed E-state index contributed by atoms with van der Waals surface area (Å²) in [6.07, 6.45) is 2.35. The Hall–Kier alpha value is -2.15. The lowest BCUT2D eigenvalue weighted by Gasteiger charge is -2.38.